The fourth-order valence-electron chi connectivity index (χ4n) is 0.972. The summed E-state index contributed by atoms with van der Waals surface area (Å²) in [5.41, 5.74) is 0.267. The van der Waals surface area contributed by atoms with Gasteiger partial charge < -0.3 is 4.74 Å². The zero-order valence-electron chi connectivity index (χ0n) is 8.43. The molecule has 6 heteroatoms. The number of hydrazone groups is 1. The van der Waals surface area contributed by atoms with Crippen LogP contribution in [0.2, 0.25) is 0 Å². The van der Waals surface area contributed by atoms with Crippen LogP contribution in [0.15, 0.2) is 17.8 Å². The lowest BCUT2D eigenvalue weighted by Crippen LogP contribution is -2.33. The molecule has 0 aliphatic carbocycles. The largest absolute Gasteiger partial charge is 0.461 e. The minimum absolute atomic E-state index is 0.178. The molecule has 0 spiro atoms. The summed E-state index contributed by atoms with van der Waals surface area (Å²) in [5.74, 6) is -0.197. The number of rotatable bonds is 4. The molecular weight excluding hydrogens is 216 g/mol. The van der Waals surface area contributed by atoms with Gasteiger partial charge in [0.25, 0.3) is 0 Å². The van der Waals surface area contributed by atoms with Crippen LogP contribution in [-0.2, 0) is 9.53 Å². The van der Waals surface area contributed by atoms with Crippen LogP contribution in [-0.4, -0.2) is 40.8 Å². The molecule has 1 amide bonds. The molecule has 0 N–H and O–H groups in total. The molecule has 0 radical (unpaired) electrons. The first-order valence-corrected chi connectivity index (χ1v) is 5.47. The average Bonchev–Trinajstić information content (AvgIpc) is 2.22. The number of hydrogen-bond donors (Lipinski definition) is 0. The molecule has 82 valence electrons. The van der Waals surface area contributed by atoms with Crippen LogP contribution >= 0.6 is 11.8 Å². The third kappa shape index (κ3) is 3.09. The highest BCUT2D eigenvalue weighted by Crippen LogP contribution is 2.16. The number of hydrogen-bond acceptors (Lipinski definition) is 5. The summed E-state index contributed by atoms with van der Waals surface area (Å²) in [6, 6.07) is 0. The monoisotopic (exact) mass is 228 g/mol. The van der Waals surface area contributed by atoms with Crippen molar-refractivity contribution in [2.45, 2.75) is 6.92 Å². The predicted octanol–water partition coefficient (Wildman–Crippen LogP) is 1.26. The molecule has 0 aromatic heterocycles. The highest BCUT2D eigenvalue weighted by molar-refractivity contribution is 8.14. The molecule has 0 unspecified atom stereocenters. The molecule has 0 saturated carbocycles. The van der Waals surface area contributed by atoms with Gasteiger partial charge in [-0.3, -0.25) is 4.79 Å². The molecule has 0 atom stereocenters. The van der Waals surface area contributed by atoms with Gasteiger partial charge >= 0.3 is 11.2 Å². The molecule has 0 fully saturated rings. The van der Waals surface area contributed by atoms with Gasteiger partial charge in [-0.05, 0) is 6.92 Å². The molecule has 1 aliphatic rings. The van der Waals surface area contributed by atoms with E-state index >= 15 is 0 Å². The standard InChI is InChI=1S/C9H12N2O3S/c1-3-5-11-9(13)15-6-7(10-11)8(12)14-4-2/h3H,1,4-6H2,2H3. The van der Waals surface area contributed by atoms with Crippen LogP contribution in [0, 0.1) is 0 Å². The molecule has 0 aromatic carbocycles. The Labute approximate surface area is 92.1 Å². The second-order valence-electron chi connectivity index (χ2n) is 2.69. The van der Waals surface area contributed by atoms with E-state index in [1.807, 2.05) is 0 Å². The van der Waals surface area contributed by atoms with Gasteiger partial charge in [-0.15, -0.1) is 6.58 Å². The van der Waals surface area contributed by atoms with Crippen LogP contribution in [0.4, 0.5) is 4.79 Å². The Morgan fingerprint density at radius 1 is 1.80 bits per heavy atom. The fraction of sp³-hybridized carbons (Fsp3) is 0.444. The van der Waals surface area contributed by atoms with Crippen molar-refractivity contribution in [1.82, 2.24) is 5.01 Å². The molecule has 0 bridgehead atoms. The predicted molar refractivity (Wildman–Crippen MR) is 58.8 cm³/mol. The lowest BCUT2D eigenvalue weighted by Gasteiger charge is -2.20. The molecule has 1 rings (SSSR count). The van der Waals surface area contributed by atoms with Gasteiger partial charge in [0.05, 0.1) is 18.9 Å². The summed E-state index contributed by atoms with van der Waals surface area (Å²) in [4.78, 5) is 22.6. The maximum atomic E-state index is 11.3. The number of esters is 1. The van der Waals surface area contributed by atoms with Crippen molar-refractivity contribution in [1.29, 1.82) is 0 Å². The van der Waals surface area contributed by atoms with E-state index in [-0.39, 0.29) is 16.7 Å². The molecular formula is C9H12N2O3S. The Bertz CT molecular complexity index is 314. The minimum atomic E-state index is -0.466. The maximum Gasteiger partial charge on any atom is 0.355 e. The van der Waals surface area contributed by atoms with Gasteiger partial charge in [-0.2, -0.15) is 5.10 Å². The molecule has 0 aromatic rings. The minimum Gasteiger partial charge on any atom is -0.461 e. The number of nitrogens with zero attached hydrogens (tertiary/aromatic N) is 2. The molecule has 0 saturated heterocycles. The van der Waals surface area contributed by atoms with Crippen molar-refractivity contribution >= 4 is 28.7 Å². The Kier molecular flexibility index (Phi) is 4.36. The second-order valence-corrected chi connectivity index (χ2v) is 3.62. The Hall–Kier alpha value is -1.30. The fourth-order valence-corrected chi connectivity index (χ4v) is 1.67. The van der Waals surface area contributed by atoms with E-state index in [9.17, 15) is 9.59 Å². The maximum absolute atomic E-state index is 11.3. The summed E-state index contributed by atoms with van der Waals surface area (Å²) in [6.07, 6.45) is 1.55. The van der Waals surface area contributed by atoms with Gasteiger partial charge in [0.2, 0.25) is 0 Å². The van der Waals surface area contributed by atoms with E-state index in [1.165, 1.54) is 5.01 Å². The highest BCUT2D eigenvalue weighted by Gasteiger charge is 2.24. The van der Waals surface area contributed by atoms with Gasteiger partial charge in [-0.1, -0.05) is 17.8 Å². The number of thioether (sulfide) groups is 1. The normalized spacial score (nSPS) is 15.9. The number of ether oxygens (including phenoxy) is 1. The van der Waals surface area contributed by atoms with Crippen molar-refractivity contribution in [3.63, 3.8) is 0 Å². The molecule has 15 heavy (non-hydrogen) atoms. The van der Waals surface area contributed by atoms with Crippen LogP contribution in [0.3, 0.4) is 0 Å². The first-order chi connectivity index (χ1) is 7.19. The second kappa shape index (κ2) is 5.55. The smallest absolute Gasteiger partial charge is 0.355 e. The topological polar surface area (TPSA) is 59.0 Å². The SMILES string of the molecule is C=CCN1N=C(C(=O)OCC)CSC1=O. The highest BCUT2D eigenvalue weighted by atomic mass is 32.2. The van der Waals surface area contributed by atoms with Crippen molar-refractivity contribution in [2.24, 2.45) is 5.10 Å². The number of carbonyl (C=O) groups excluding carboxylic acids is 2. The quantitative estimate of drug-likeness (QED) is 0.537. The van der Waals surface area contributed by atoms with Crippen LogP contribution in [0.5, 0.6) is 0 Å². The first-order valence-electron chi connectivity index (χ1n) is 4.48. The number of amides is 1. The Morgan fingerprint density at radius 3 is 3.13 bits per heavy atom. The molecule has 1 heterocycles. The summed E-state index contributed by atoms with van der Waals surface area (Å²) in [7, 11) is 0. The summed E-state index contributed by atoms with van der Waals surface area (Å²) >= 11 is 1.04. The van der Waals surface area contributed by atoms with Crippen molar-refractivity contribution in [3.05, 3.63) is 12.7 Å². The Balaban J connectivity index is 2.73. The van der Waals surface area contributed by atoms with E-state index in [0.717, 1.165) is 11.8 Å². The van der Waals surface area contributed by atoms with Gasteiger partial charge in [-0.25, -0.2) is 9.80 Å². The van der Waals surface area contributed by atoms with E-state index < -0.39 is 5.97 Å². The van der Waals surface area contributed by atoms with E-state index in [2.05, 4.69) is 11.7 Å². The van der Waals surface area contributed by atoms with Gasteiger partial charge in [0.1, 0.15) is 0 Å². The van der Waals surface area contributed by atoms with E-state index in [1.54, 1.807) is 13.0 Å². The van der Waals surface area contributed by atoms with E-state index in [4.69, 9.17) is 4.74 Å². The van der Waals surface area contributed by atoms with Gasteiger partial charge in [0, 0.05) is 0 Å². The zero-order chi connectivity index (χ0) is 11.3. The average molecular weight is 228 g/mol. The van der Waals surface area contributed by atoms with Gasteiger partial charge in [0.15, 0.2) is 5.71 Å². The molecule has 1 aliphatic heterocycles. The zero-order valence-corrected chi connectivity index (χ0v) is 9.25. The van der Waals surface area contributed by atoms with Crippen LogP contribution in [0.25, 0.3) is 0 Å². The summed E-state index contributed by atoms with van der Waals surface area (Å²) < 4.78 is 4.80. The number of carbonyl (C=O) groups is 2. The van der Waals surface area contributed by atoms with Crippen LogP contribution in [0.1, 0.15) is 6.92 Å². The first kappa shape index (κ1) is 11.8. The van der Waals surface area contributed by atoms with Crippen LogP contribution < -0.4 is 0 Å². The van der Waals surface area contributed by atoms with E-state index in [0.29, 0.717) is 13.2 Å². The molecule has 5 nitrogen and oxygen atoms in total. The van der Waals surface area contributed by atoms with Crippen molar-refractivity contribution < 1.29 is 14.3 Å². The van der Waals surface area contributed by atoms with Crippen molar-refractivity contribution in [3.8, 4) is 0 Å². The lowest BCUT2D eigenvalue weighted by molar-refractivity contribution is -0.135. The van der Waals surface area contributed by atoms with Crippen molar-refractivity contribution in [2.75, 3.05) is 18.9 Å². The third-order valence-corrected chi connectivity index (χ3v) is 2.47. The Morgan fingerprint density at radius 2 is 2.53 bits per heavy atom. The summed E-state index contributed by atoms with van der Waals surface area (Å²) in [6.45, 7) is 5.83. The summed E-state index contributed by atoms with van der Waals surface area (Å²) in [5, 5.41) is 4.93. The lowest BCUT2D eigenvalue weighted by atomic mass is 10.4. The third-order valence-electron chi connectivity index (χ3n) is 1.60.